The molecule has 1 aromatic rings. The van der Waals surface area contributed by atoms with Crippen molar-refractivity contribution in [2.45, 2.75) is 18.7 Å². The minimum atomic E-state index is -4.05. The van der Waals surface area contributed by atoms with Crippen molar-refractivity contribution in [1.29, 1.82) is 0 Å². The Morgan fingerprint density at radius 1 is 1.30 bits per heavy atom. The highest BCUT2D eigenvalue weighted by atomic mass is 32.2. The second-order valence-corrected chi connectivity index (χ2v) is 7.13. The Hall–Kier alpha value is -1.45. The number of hydrogen-bond donors (Lipinski definition) is 2. The normalized spacial score (nSPS) is 12.7. The summed E-state index contributed by atoms with van der Waals surface area (Å²) in [5, 5.41) is 9.09. The van der Waals surface area contributed by atoms with E-state index in [4.69, 9.17) is 5.11 Å². The van der Waals surface area contributed by atoms with Crippen LogP contribution in [0.5, 0.6) is 0 Å². The number of sulfonamides is 1. The average molecular weight is 305 g/mol. The third kappa shape index (κ3) is 3.35. The molecule has 0 fully saturated rings. The summed E-state index contributed by atoms with van der Waals surface area (Å²) in [4.78, 5) is 22.9. The van der Waals surface area contributed by atoms with Crippen molar-refractivity contribution in [2.75, 3.05) is 13.2 Å². The zero-order valence-electron chi connectivity index (χ0n) is 11.9. The third-order valence-electron chi connectivity index (χ3n) is 2.87. The van der Waals surface area contributed by atoms with Crippen LogP contribution in [0.15, 0.2) is 20.7 Å². The van der Waals surface area contributed by atoms with E-state index in [2.05, 4.69) is 4.72 Å². The number of aliphatic hydroxyl groups excluding tert-OH is 1. The zero-order valence-corrected chi connectivity index (χ0v) is 12.7. The van der Waals surface area contributed by atoms with E-state index in [0.29, 0.717) is 0 Å². The van der Waals surface area contributed by atoms with Gasteiger partial charge >= 0.3 is 5.69 Å². The van der Waals surface area contributed by atoms with E-state index < -0.39 is 31.6 Å². The van der Waals surface area contributed by atoms with E-state index in [9.17, 15) is 18.0 Å². The third-order valence-corrected chi connectivity index (χ3v) is 4.26. The molecule has 0 aliphatic heterocycles. The Kier molecular flexibility index (Phi) is 4.57. The highest BCUT2D eigenvalue weighted by molar-refractivity contribution is 7.89. The molecule has 0 atom stereocenters. The number of nitrogens with zero attached hydrogens (tertiary/aromatic N) is 2. The Morgan fingerprint density at radius 3 is 2.35 bits per heavy atom. The summed E-state index contributed by atoms with van der Waals surface area (Å²) in [7, 11) is -1.48. The Balaban J connectivity index is 3.25. The highest BCUT2D eigenvalue weighted by Gasteiger charge is 2.25. The Bertz CT molecular complexity index is 715. The summed E-state index contributed by atoms with van der Waals surface area (Å²) in [5.41, 5.74) is -2.15. The fourth-order valence-electron chi connectivity index (χ4n) is 1.38. The van der Waals surface area contributed by atoms with E-state index in [1.807, 2.05) is 0 Å². The van der Waals surface area contributed by atoms with Crippen molar-refractivity contribution < 1.29 is 13.5 Å². The van der Waals surface area contributed by atoms with Crippen molar-refractivity contribution in [2.24, 2.45) is 19.5 Å². The SMILES string of the molecule is Cn1cc(S(=O)(=O)NCC(C)(C)CO)c(=O)n(C)c1=O. The van der Waals surface area contributed by atoms with Gasteiger partial charge in [0.1, 0.15) is 0 Å². The number of nitrogens with one attached hydrogen (secondary N) is 1. The molecule has 0 bridgehead atoms. The highest BCUT2D eigenvalue weighted by Crippen LogP contribution is 2.13. The molecule has 1 aromatic heterocycles. The molecule has 9 heteroatoms. The number of aliphatic hydroxyl groups is 1. The summed E-state index contributed by atoms with van der Waals surface area (Å²) in [6.07, 6.45) is 0.985. The lowest BCUT2D eigenvalue weighted by Gasteiger charge is -2.21. The molecule has 0 aromatic carbocycles. The van der Waals surface area contributed by atoms with Crippen LogP contribution in [0.3, 0.4) is 0 Å². The smallest absolute Gasteiger partial charge is 0.330 e. The van der Waals surface area contributed by atoms with E-state index in [1.165, 1.54) is 14.1 Å². The van der Waals surface area contributed by atoms with Crippen molar-refractivity contribution >= 4 is 10.0 Å². The molecular weight excluding hydrogens is 286 g/mol. The minimum absolute atomic E-state index is 0.0299. The molecular formula is C11H19N3O5S. The van der Waals surface area contributed by atoms with Crippen molar-refractivity contribution in [3.63, 3.8) is 0 Å². The molecule has 0 aliphatic rings. The first kappa shape index (κ1) is 16.6. The molecule has 0 aliphatic carbocycles. The largest absolute Gasteiger partial charge is 0.396 e. The molecule has 0 saturated heterocycles. The predicted octanol–water partition coefficient (Wildman–Crippen LogP) is -1.62. The van der Waals surface area contributed by atoms with Gasteiger partial charge in [-0.25, -0.2) is 17.9 Å². The second-order valence-electron chi connectivity index (χ2n) is 5.40. The second kappa shape index (κ2) is 5.51. The van der Waals surface area contributed by atoms with Crippen LogP contribution in [-0.4, -0.2) is 35.8 Å². The number of aromatic nitrogens is 2. The van der Waals surface area contributed by atoms with E-state index in [1.54, 1.807) is 13.8 Å². The van der Waals surface area contributed by atoms with Gasteiger partial charge in [0.2, 0.25) is 10.0 Å². The number of rotatable bonds is 5. The lowest BCUT2D eigenvalue weighted by Crippen LogP contribution is -2.43. The maximum Gasteiger partial charge on any atom is 0.330 e. The first-order valence-corrected chi connectivity index (χ1v) is 7.37. The monoisotopic (exact) mass is 305 g/mol. The van der Waals surface area contributed by atoms with E-state index >= 15 is 0 Å². The van der Waals surface area contributed by atoms with Gasteiger partial charge in [0.25, 0.3) is 5.56 Å². The lowest BCUT2D eigenvalue weighted by atomic mass is 9.96. The summed E-state index contributed by atoms with van der Waals surface area (Å²) >= 11 is 0. The minimum Gasteiger partial charge on any atom is -0.396 e. The molecule has 2 N–H and O–H groups in total. The van der Waals surface area contributed by atoms with Crippen molar-refractivity contribution in [1.82, 2.24) is 13.9 Å². The maximum atomic E-state index is 12.1. The van der Waals surface area contributed by atoms with Crippen LogP contribution in [0.25, 0.3) is 0 Å². The molecule has 20 heavy (non-hydrogen) atoms. The van der Waals surface area contributed by atoms with Crippen LogP contribution < -0.4 is 16.0 Å². The molecule has 0 saturated carbocycles. The van der Waals surface area contributed by atoms with Gasteiger partial charge in [-0.3, -0.25) is 9.36 Å². The van der Waals surface area contributed by atoms with Gasteiger partial charge in [0.05, 0.1) is 0 Å². The topological polar surface area (TPSA) is 110 Å². The summed E-state index contributed by atoms with van der Waals surface area (Å²) in [5.74, 6) is 0. The quantitative estimate of drug-likeness (QED) is 0.679. The van der Waals surface area contributed by atoms with Gasteiger partial charge in [-0.15, -0.1) is 0 Å². The molecule has 1 rings (SSSR count). The van der Waals surface area contributed by atoms with Crippen LogP contribution in [0.2, 0.25) is 0 Å². The van der Waals surface area contributed by atoms with Crippen molar-refractivity contribution in [3.05, 3.63) is 27.0 Å². The van der Waals surface area contributed by atoms with Crippen LogP contribution in [0.4, 0.5) is 0 Å². The number of hydrogen-bond acceptors (Lipinski definition) is 5. The molecule has 0 unspecified atom stereocenters. The van der Waals surface area contributed by atoms with E-state index in [0.717, 1.165) is 15.3 Å². The lowest BCUT2D eigenvalue weighted by molar-refractivity contribution is 0.163. The number of aryl methyl sites for hydroxylation is 1. The van der Waals surface area contributed by atoms with Gasteiger partial charge in [-0.2, -0.15) is 0 Å². The average Bonchev–Trinajstić information content (AvgIpc) is 2.38. The summed E-state index contributed by atoms with van der Waals surface area (Å²) in [6, 6.07) is 0. The van der Waals surface area contributed by atoms with Gasteiger partial charge in [0.15, 0.2) is 4.90 Å². The Morgan fingerprint density at radius 2 is 1.85 bits per heavy atom. The first-order valence-electron chi connectivity index (χ1n) is 5.89. The fraction of sp³-hybridized carbons (Fsp3) is 0.636. The van der Waals surface area contributed by atoms with Crippen LogP contribution in [-0.2, 0) is 24.1 Å². The summed E-state index contributed by atoms with van der Waals surface area (Å²) < 4.78 is 28.2. The van der Waals surface area contributed by atoms with Gasteiger partial charge in [0, 0.05) is 38.9 Å². The van der Waals surface area contributed by atoms with Crippen LogP contribution >= 0.6 is 0 Å². The Labute approximate surface area is 116 Å². The van der Waals surface area contributed by atoms with Crippen molar-refractivity contribution in [3.8, 4) is 0 Å². The molecule has 0 spiro atoms. The zero-order chi connectivity index (χ0) is 15.7. The molecule has 0 radical (unpaired) electrons. The standard InChI is InChI=1S/C11H19N3O5S/c1-11(2,7-15)6-12-20(18,19)8-5-13(3)10(17)14(4)9(8)16/h5,12,15H,6-7H2,1-4H3. The van der Waals surface area contributed by atoms with Gasteiger partial charge < -0.3 is 9.67 Å². The van der Waals surface area contributed by atoms with Crippen LogP contribution in [0.1, 0.15) is 13.8 Å². The molecule has 114 valence electrons. The summed E-state index contributed by atoms with van der Waals surface area (Å²) in [6.45, 7) is 3.11. The van der Waals surface area contributed by atoms with E-state index in [-0.39, 0.29) is 13.2 Å². The predicted molar refractivity (Wildman–Crippen MR) is 73.0 cm³/mol. The molecule has 0 amide bonds. The fourth-order valence-corrected chi connectivity index (χ4v) is 2.78. The van der Waals surface area contributed by atoms with Gasteiger partial charge in [-0.1, -0.05) is 13.8 Å². The van der Waals surface area contributed by atoms with Gasteiger partial charge in [-0.05, 0) is 0 Å². The molecule has 1 heterocycles. The first-order chi connectivity index (χ1) is 9.02. The molecule has 8 nitrogen and oxygen atoms in total. The van der Waals surface area contributed by atoms with Crippen LogP contribution in [0, 0.1) is 5.41 Å². The maximum absolute atomic E-state index is 12.1.